The van der Waals surface area contributed by atoms with Gasteiger partial charge in [-0.3, -0.25) is 4.79 Å². The van der Waals surface area contributed by atoms with Crippen LogP contribution in [-0.2, 0) is 0 Å². The second-order valence-corrected chi connectivity index (χ2v) is 3.34. The van der Waals surface area contributed by atoms with E-state index in [1.54, 1.807) is 12.1 Å². The van der Waals surface area contributed by atoms with E-state index in [9.17, 15) is 9.90 Å². The molecule has 0 aliphatic carbocycles. The number of hydrogen-bond donors (Lipinski definition) is 2. The van der Waals surface area contributed by atoms with Crippen molar-refractivity contribution in [2.75, 3.05) is 5.33 Å². The van der Waals surface area contributed by atoms with Gasteiger partial charge >= 0.3 is 0 Å². The first-order valence-corrected chi connectivity index (χ1v) is 4.83. The molecule has 0 saturated heterocycles. The second-order valence-electron chi connectivity index (χ2n) is 2.26. The first-order valence-electron chi connectivity index (χ1n) is 3.26. The molecule has 0 aliphatic heterocycles. The van der Waals surface area contributed by atoms with Crippen LogP contribution in [0.3, 0.4) is 0 Å². The molecule has 1 aromatic carbocycles. The Morgan fingerprint density at radius 1 is 1.58 bits per heavy atom. The first kappa shape index (κ1) is 9.61. The number of aromatic hydroxyl groups is 1. The summed E-state index contributed by atoms with van der Waals surface area (Å²) in [7, 11) is 0. The maximum absolute atomic E-state index is 11.1. The Balaban J connectivity index is 3.13. The lowest BCUT2D eigenvalue weighted by molar-refractivity contribution is 0.102. The molecule has 0 unspecified atom stereocenters. The van der Waals surface area contributed by atoms with E-state index in [4.69, 9.17) is 0 Å². The fourth-order valence-corrected chi connectivity index (χ4v) is 1.33. The topological polar surface area (TPSA) is 37.3 Å². The lowest BCUT2D eigenvalue weighted by Gasteiger charge is -2.01. The van der Waals surface area contributed by atoms with Crippen LogP contribution < -0.4 is 0 Å². The lowest BCUT2D eigenvalue weighted by atomic mass is 10.1. The molecule has 0 heterocycles. The van der Waals surface area contributed by atoms with Gasteiger partial charge in [0.2, 0.25) is 0 Å². The maximum atomic E-state index is 11.1. The van der Waals surface area contributed by atoms with E-state index >= 15 is 0 Å². The molecule has 0 radical (unpaired) electrons. The van der Waals surface area contributed by atoms with Crippen molar-refractivity contribution < 1.29 is 9.90 Å². The molecule has 0 aromatic heterocycles. The Bertz CT molecular complexity index is 312. The number of hydrogen-bond acceptors (Lipinski definition) is 3. The third-order valence-electron chi connectivity index (χ3n) is 1.40. The molecule has 0 aliphatic rings. The monoisotopic (exact) mass is 246 g/mol. The molecule has 0 amide bonds. The Kier molecular flexibility index (Phi) is 3.17. The van der Waals surface area contributed by atoms with Gasteiger partial charge in [0, 0.05) is 4.90 Å². The normalized spacial score (nSPS) is 9.83. The van der Waals surface area contributed by atoms with Gasteiger partial charge in [-0.05, 0) is 18.2 Å². The highest BCUT2D eigenvalue weighted by Gasteiger charge is 2.08. The number of carbonyl (C=O) groups is 1. The van der Waals surface area contributed by atoms with E-state index in [1.807, 2.05) is 0 Å². The van der Waals surface area contributed by atoms with E-state index in [1.165, 1.54) is 6.07 Å². The molecule has 0 spiro atoms. The highest BCUT2D eigenvalue weighted by Crippen LogP contribution is 2.21. The van der Waals surface area contributed by atoms with Gasteiger partial charge in [0.25, 0.3) is 0 Å². The lowest BCUT2D eigenvalue weighted by Crippen LogP contribution is -1.99. The summed E-state index contributed by atoms with van der Waals surface area (Å²) >= 11 is 7.08. The Morgan fingerprint density at radius 2 is 2.25 bits per heavy atom. The average Bonchev–Trinajstić information content (AvgIpc) is 2.08. The Labute approximate surface area is 84.1 Å². The fraction of sp³-hybridized carbons (Fsp3) is 0.125. The summed E-state index contributed by atoms with van der Waals surface area (Å²) in [6.07, 6.45) is 0. The molecule has 1 aromatic rings. The van der Waals surface area contributed by atoms with Gasteiger partial charge in [-0.2, -0.15) is 0 Å². The summed E-state index contributed by atoms with van der Waals surface area (Å²) in [5.74, 6) is -0.152. The zero-order valence-corrected chi connectivity index (χ0v) is 8.60. The van der Waals surface area contributed by atoms with Crippen molar-refractivity contribution in [2.24, 2.45) is 0 Å². The van der Waals surface area contributed by atoms with Crippen molar-refractivity contribution in [3.8, 4) is 5.75 Å². The molecule has 12 heavy (non-hydrogen) atoms. The number of phenols is 1. The number of rotatable bonds is 2. The SMILES string of the molecule is O=C(CBr)c1cc(S)ccc1O. The average molecular weight is 247 g/mol. The number of alkyl halides is 1. The largest absolute Gasteiger partial charge is 0.507 e. The van der Waals surface area contributed by atoms with Crippen molar-refractivity contribution in [2.45, 2.75) is 4.90 Å². The smallest absolute Gasteiger partial charge is 0.177 e. The number of carbonyl (C=O) groups excluding carboxylic acids is 1. The minimum absolute atomic E-state index is 0.00255. The van der Waals surface area contributed by atoms with Crippen molar-refractivity contribution in [3.63, 3.8) is 0 Å². The van der Waals surface area contributed by atoms with Crippen LogP contribution in [0.2, 0.25) is 0 Å². The molecule has 1 rings (SSSR count). The van der Waals surface area contributed by atoms with Crippen LogP contribution in [0.5, 0.6) is 5.75 Å². The third kappa shape index (κ3) is 2.01. The molecule has 0 saturated carbocycles. The number of thiol groups is 1. The predicted molar refractivity (Wildman–Crippen MR) is 53.5 cm³/mol. The third-order valence-corrected chi connectivity index (χ3v) is 2.19. The van der Waals surface area contributed by atoms with E-state index in [0.717, 1.165) is 0 Å². The van der Waals surface area contributed by atoms with Gasteiger partial charge in [-0.15, -0.1) is 12.6 Å². The minimum Gasteiger partial charge on any atom is -0.507 e. The predicted octanol–water partition coefficient (Wildman–Crippen LogP) is 2.26. The molecule has 0 atom stereocenters. The van der Waals surface area contributed by atoms with Crippen LogP contribution in [-0.4, -0.2) is 16.2 Å². The summed E-state index contributed by atoms with van der Waals surface area (Å²) < 4.78 is 0. The number of benzene rings is 1. The van der Waals surface area contributed by atoms with Gasteiger partial charge in [0.15, 0.2) is 5.78 Å². The zero-order valence-electron chi connectivity index (χ0n) is 6.12. The number of Topliss-reactive ketones (excluding diaryl/α,β-unsaturated/α-hetero) is 1. The van der Waals surface area contributed by atoms with Crippen LogP contribution in [0, 0.1) is 0 Å². The molecular formula is C8H7BrO2S. The van der Waals surface area contributed by atoms with Crippen LogP contribution in [0.25, 0.3) is 0 Å². The number of ketones is 1. The van der Waals surface area contributed by atoms with E-state index in [-0.39, 0.29) is 16.9 Å². The van der Waals surface area contributed by atoms with Crippen molar-refractivity contribution >= 4 is 34.3 Å². The van der Waals surface area contributed by atoms with E-state index in [0.29, 0.717) is 10.5 Å². The Morgan fingerprint density at radius 3 is 2.83 bits per heavy atom. The maximum Gasteiger partial charge on any atom is 0.177 e. The molecule has 0 bridgehead atoms. The van der Waals surface area contributed by atoms with Gasteiger partial charge in [-0.1, -0.05) is 15.9 Å². The summed E-state index contributed by atoms with van der Waals surface area (Å²) in [4.78, 5) is 11.8. The van der Waals surface area contributed by atoms with Crippen LogP contribution in [0.4, 0.5) is 0 Å². The first-order chi connectivity index (χ1) is 5.65. The summed E-state index contributed by atoms with van der Waals surface area (Å²) in [5, 5.41) is 9.47. The van der Waals surface area contributed by atoms with Crippen molar-refractivity contribution in [1.82, 2.24) is 0 Å². The second kappa shape index (κ2) is 3.96. The quantitative estimate of drug-likeness (QED) is 0.478. The number of phenolic OH excluding ortho intramolecular Hbond substituents is 1. The highest BCUT2D eigenvalue weighted by molar-refractivity contribution is 9.09. The van der Waals surface area contributed by atoms with Crippen LogP contribution >= 0.6 is 28.6 Å². The summed E-state index contributed by atoms with van der Waals surface area (Å²) in [5.41, 5.74) is 0.305. The summed E-state index contributed by atoms with van der Waals surface area (Å²) in [6, 6.07) is 4.63. The fourth-order valence-electron chi connectivity index (χ4n) is 0.819. The molecule has 4 heteroatoms. The standard InChI is InChI=1S/C8H7BrO2S/c9-4-8(11)6-3-5(12)1-2-7(6)10/h1-3,10,12H,4H2. The highest BCUT2D eigenvalue weighted by atomic mass is 79.9. The molecular weight excluding hydrogens is 240 g/mol. The Hall–Kier alpha value is -0.480. The van der Waals surface area contributed by atoms with E-state index < -0.39 is 0 Å². The van der Waals surface area contributed by atoms with Gasteiger partial charge in [0.1, 0.15) is 5.75 Å². The molecule has 1 N–H and O–H groups in total. The van der Waals surface area contributed by atoms with Gasteiger partial charge in [-0.25, -0.2) is 0 Å². The number of halogens is 1. The molecule has 64 valence electrons. The zero-order chi connectivity index (χ0) is 9.14. The minimum atomic E-state index is -0.150. The van der Waals surface area contributed by atoms with Crippen LogP contribution in [0.1, 0.15) is 10.4 Å². The van der Waals surface area contributed by atoms with Crippen LogP contribution in [0.15, 0.2) is 23.1 Å². The molecule has 2 nitrogen and oxygen atoms in total. The van der Waals surface area contributed by atoms with E-state index in [2.05, 4.69) is 28.6 Å². The van der Waals surface area contributed by atoms with Crippen molar-refractivity contribution in [1.29, 1.82) is 0 Å². The molecule has 0 fully saturated rings. The van der Waals surface area contributed by atoms with Crippen molar-refractivity contribution in [3.05, 3.63) is 23.8 Å². The summed E-state index contributed by atoms with van der Waals surface area (Å²) in [6.45, 7) is 0. The van der Waals surface area contributed by atoms with Gasteiger partial charge in [0.05, 0.1) is 10.9 Å². The van der Waals surface area contributed by atoms with Gasteiger partial charge < -0.3 is 5.11 Å².